The van der Waals surface area contributed by atoms with Gasteiger partial charge in [-0.2, -0.15) is 0 Å². The molecule has 1 aliphatic heterocycles. The molecule has 4 heteroatoms. The predicted molar refractivity (Wildman–Crippen MR) is 293 cm³/mol. The summed E-state index contributed by atoms with van der Waals surface area (Å²) in [5.74, 6) is 0. The summed E-state index contributed by atoms with van der Waals surface area (Å²) in [6.45, 7) is 0. The van der Waals surface area contributed by atoms with E-state index in [0.29, 0.717) is 0 Å². The zero-order chi connectivity index (χ0) is 45.4. The minimum atomic E-state index is 0.0888. The first-order chi connectivity index (χ1) is 34.3. The molecule has 0 saturated heterocycles. The van der Waals surface area contributed by atoms with E-state index in [1.165, 1.54) is 120 Å². The van der Waals surface area contributed by atoms with Crippen LogP contribution in [0, 0.1) is 0 Å². The van der Waals surface area contributed by atoms with Gasteiger partial charge in [-0.15, -0.1) is 11.3 Å². The zero-order valence-corrected chi connectivity index (χ0v) is 38.4. The van der Waals surface area contributed by atoms with Crippen LogP contribution in [0.5, 0.6) is 0 Å². The molecule has 1 aliphatic rings. The maximum atomic E-state index is 3.65. The second-order valence-corrected chi connectivity index (χ2v) is 19.1. The second kappa shape index (κ2) is 16.0. The smallest absolute Gasteiger partial charge is 0.0768 e. The molecule has 3 aromatic heterocycles. The third-order valence-corrected chi connectivity index (χ3v) is 15.5. The second-order valence-electron chi connectivity index (χ2n) is 18.0. The van der Waals surface area contributed by atoms with Gasteiger partial charge in [0, 0.05) is 49.1 Å². The predicted octanol–water partition coefficient (Wildman–Crippen LogP) is 17.4. The number of aromatic nitrogens is 2. The monoisotopic (exact) mass is 897 g/mol. The van der Waals surface area contributed by atoms with Crippen molar-refractivity contribution in [2.75, 3.05) is 0 Å². The summed E-state index contributed by atoms with van der Waals surface area (Å²) in [6.07, 6.45) is 6.50. The number of nitrogens with zero attached hydrogens (tertiary/aromatic N) is 2. The van der Waals surface area contributed by atoms with Crippen molar-refractivity contribution in [3.05, 3.63) is 260 Å². The fourth-order valence-electron chi connectivity index (χ4n) is 11.2. The van der Waals surface area contributed by atoms with Gasteiger partial charge < -0.3 is 14.5 Å². The molecule has 69 heavy (non-hydrogen) atoms. The van der Waals surface area contributed by atoms with E-state index in [2.05, 4.69) is 263 Å². The molecule has 0 bridgehead atoms. The van der Waals surface area contributed by atoms with E-state index >= 15 is 0 Å². The van der Waals surface area contributed by atoms with Gasteiger partial charge in [-0.05, 0) is 116 Å². The molecule has 0 fully saturated rings. The van der Waals surface area contributed by atoms with Crippen LogP contribution in [0.2, 0.25) is 0 Å². The molecule has 0 aliphatic carbocycles. The van der Waals surface area contributed by atoms with E-state index in [1.54, 1.807) is 0 Å². The van der Waals surface area contributed by atoms with Crippen LogP contribution in [0.15, 0.2) is 243 Å². The number of nitrogens with one attached hydrogen (secondary N) is 1. The third kappa shape index (κ3) is 6.26. The highest BCUT2D eigenvalue weighted by Crippen LogP contribution is 2.55. The number of benzene rings is 10. The average Bonchev–Trinajstić information content (AvgIpc) is 4.13. The van der Waals surface area contributed by atoms with Gasteiger partial charge in [0.15, 0.2) is 0 Å². The first kappa shape index (κ1) is 39.5. The largest absolute Gasteiger partial charge is 0.380 e. The SMILES string of the molecule is C1=Cc2ccccc2C(c2ccc3c(c2)c2ccccc2n3-c2ccc3c(ccn3-c3cccc4c3sc3c(-c5ccccc5)c(-c5ccccc5)c(-c5ccccc5)c(-c5ccccc5)c34)c2)N1. The van der Waals surface area contributed by atoms with Crippen molar-refractivity contribution in [1.29, 1.82) is 0 Å². The first-order valence-corrected chi connectivity index (χ1v) is 24.5. The van der Waals surface area contributed by atoms with Gasteiger partial charge in [0.1, 0.15) is 0 Å². The van der Waals surface area contributed by atoms with Gasteiger partial charge in [-0.25, -0.2) is 0 Å². The van der Waals surface area contributed by atoms with Crippen molar-refractivity contribution in [2.45, 2.75) is 6.04 Å². The van der Waals surface area contributed by atoms with E-state index in [4.69, 9.17) is 0 Å². The van der Waals surface area contributed by atoms with Crippen LogP contribution in [0.4, 0.5) is 0 Å². The number of fused-ring (bicyclic) bond motifs is 8. The number of para-hydroxylation sites is 1. The van der Waals surface area contributed by atoms with E-state index in [-0.39, 0.29) is 6.04 Å². The lowest BCUT2D eigenvalue weighted by Crippen LogP contribution is -2.20. The Balaban J connectivity index is 0.981. The normalized spacial score (nSPS) is 13.4. The van der Waals surface area contributed by atoms with Crippen molar-refractivity contribution < 1.29 is 0 Å². The Morgan fingerprint density at radius 3 is 1.75 bits per heavy atom. The Bertz CT molecular complexity index is 4140. The lowest BCUT2D eigenvalue weighted by Gasteiger charge is -2.24. The van der Waals surface area contributed by atoms with Gasteiger partial charge in [0.25, 0.3) is 0 Å². The quantitative estimate of drug-likeness (QED) is 0.169. The summed E-state index contributed by atoms with van der Waals surface area (Å²) in [7, 11) is 0. The Labute approximate surface area is 404 Å². The highest BCUT2D eigenvalue weighted by molar-refractivity contribution is 7.27. The van der Waals surface area contributed by atoms with Gasteiger partial charge in [0.05, 0.1) is 33.0 Å². The molecule has 1 N–H and O–H groups in total. The standard InChI is InChI=1S/C65H43N3S/c1-5-19-43(20-6-1)58-59(44-21-7-2-8-22-44)61(46-25-11-4-12-26-46)65-62(60(58)45-23-9-3-10-24-45)52-29-17-31-57(64(52)69-65)67-39-37-47-40-49(33-35-54(47)67)68-55-30-16-15-28-51(55)53-41-48(32-34-56(53)68)63-50-27-14-13-18-42(50)36-38-66-63/h1-41,63,66H. The summed E-state index contributed by atoms with van der Waals surface area (Å²) in [5, 5.41) is 9.88. The molecular formula is C65H43N3S. The zero-order valence-electron chi connectivity index (χ0n) is 37.6. The van der Waals surface area contributed by atoms with Crippen LogP contribution in [-0.4, -0.2) is 9.13 Å². The average molecular weight is 898 g/mol. The maximum absolute atomic E-state index is 3.65. The van der Waals surface area contributed by atoms with E-state index < -0.39 is 0 Å². The van der Waals surface area contributed by atoms with Crippen LogP contribution in [0.1, 0.15) is 22.7 Å². The van der Waals surface area contributed by atoms with E-state index in [9.17, 15) is 0 Å². The highest BCUT2D eigenvalue weighted by atomic mass is 32.1. The van der Waals surface area contributed by atoms with Crippen LogP contribution in [0.3, 0.4) is 0 Å². The molecule has 14 rings (SSSR count). The lowest BCUT2D eigenvalue weighted by atomic mass is 9.80. The van der Waals surface area contributed by atoms with Crippen LogP contribution >= 0.6 is 11.3 Å². The molecule has 4 heterocycles. The summed E-state index contributed by atoms with van der Waals surface area (Å²) >= 11 is 1.92. The molecule has 1 unspecified atom stereocenters. The summed E-state index contributed by atoms with van der Waals surface area (Å²) in [4.78, 5) is 0. The molecule has 0 amide bonds. The maximum Gasteiger partial charge on any atom is 0.0768 e. The first-order valence-electron chi connectivity index (χ1n) is 23.7. The van der Waals surface area contributed by atoms with Crippen molar-refractivity contribution >= 4 is 70.3 Å². The number of hydrogen-bond donors (Lipinski definition) is 1. The van der Waals surface area contributed by atoms with E-state index in [0.717, 1.165) is 5.69 Å². The molecule has 3 nitrogen and oxygen atoms in total. The van der Waals surface area contributed by atoms with Crippen LogP contribution < -0.4 is 5.32 Å². The Hall–Kier alpha value is -8.70. The van der Waals surface area contributed by atoms with Gasteiger partial charge >= 0.3 is 0 Å². The van der Waals surface area contributed by atoms with Gasteiger partial charge in [-0.3, -0.25) is 0 Å². The third-order valence-electron chi connectivity index (χ3n) is 14.2. The Morgan fingerprint density at radius 2 is 1.01 bits per heavy atom. The van der Waals surface area contributed by atoms with Gasteiger partial charge in [-0.1, -0.05) is 182 Å². The lowest BCUT2D eigenvalue weighted by molar-refractivity contribution is 0.722. The molecule has 324 valence electrons. The highest BCUT2D eigenvalue weighted by Gasteiger charge is 2.28. The molecular weight excluding hydrogens is 855 g/mol. The molecule has 0 spiro atoms. The van der Waals surface area contributed by atoms with Crippen molar-refractivity contribution in [3.8, 4) is 55.9 Å². The minimum absolute atomic E-state index is 0.0888. The minimum Gasteiger partial charge on any atom is -0.380 e. The fraction of sp³-hybridized carbons (Fsp3) is 0.0154. The van der Waals surface area contributed by atoms with Crippen molar-refractivity contribution in [1.82, 2.24) is 14.5 Å². The summed E-state index contributed by atoms with van der Waals surface area (Å²) < 4.78 is 7.38. The topological polar surface area (TPSA) is 21.9 Å². The fourth-order valence-corrected chi connectivity index (χ4v) is 12.6. The summed E-state index contributed by atoms with van der Waals surface area (Å²) in [6, 6.07) is 84.8. The van der Waals surface area contributed by atoms with Crippen molar-refractivity contribution in [3.63, 3.8) is 0 Å². The number of thiophene rings is 1. The van der Waals surface area contributed by atoms with Crippen molar-refractivity contribution in [2.24, 2.45) is 0 Å². The van der Waals surface area contributed by atoms with E-state index in [1.807, 2.05) is 11.3 Å². The Morgan fingerprint density at radius 1 is 0.420 bits per heavy atom. The molecule has 0 radical (unpaired) electrons. The Kier molecular flexibility index (Phi) is 9.14. The van der Waals surface area contributed by atoms with Crippen LogP contribution in [0.25, 0.3) is 115 Å². The summed E-state index contributed by atoms with van der Waals surface area (Å²) in [5.41, 5.74) is 19.5. The van der Waals surface area contributed by atoms with Crippen LogP contribution in [-0.2, 0) is 0 Å². The number of rotatable bonds is 7. The molecule has 0 saturated carbocycles. The molecule has 13 aromatic rings. The molecule has 10 aromatic carbocycles. The van der Waals surface area contributed by atoms with Gasteiger partial charge in [0.2, 0.25) is 0 Å². The molecule has 1 atom stereocenters. The number of hydrogen-bond acceptors (Lipinski definition) is 2.